The van der Waals surface area contributed by atoms with Gasteiger partial charge in [0.05, 0.1) is 6.04 Å². The minimum absolute atomic E-state index is 0.127. The standard InChI is InChI=1S/C14H24N2O3/c1-8-4-5-9(2)16(8)10(3)13(17)15-12(14(18)19)11-6-7-11/h8-12H,4-7H2,1-3H3,(H,15,17)(H,18,19). The number of carboxylic acids is 1. The predicted octanol–water partition coefficient (Wildman–Crippen LogP) is 1.23. The molecule has 1 aliphatic heterocycles. The Balaban J connectivity index is 1.96. The van der Waals surface area contributed by atoms with Crippen LogP contribution >= 0.6 is 0 Å². The lowest BCUT2D eigenvalue weighted by molar-refractivity contribution is -0.143. The van der Waals surface area contributed by atoms with Crippen LogP contribution in [0.25, 0.3) is 0 Å². The van der Waals surface area contributed by atoms with Gasteiger partial charge in [-0.05, 0) is 52.4 Å². The minimum atomic E-state index is -0.912. The molecule has 2 rings (SSSR count). The fourth-order valence-corrected chi connectivity index (χ4v) is 3.20. The van der Waals surface area contributed by atoms with Crippen LogP contribution in [0.3, 0.4) is 0 Å². The number of nitrogens with one attached hydrogen (secondary N) is 1. The van der Waals surface area contributed by atoms with Crippen molar-refractivity contribution in [1.29, 1.82) is 0 Å². The lowest BCUT2D eigenvalue weighted by Gasteiger charge is -2.32. The van der Waals surface area contributed by atoms with E-state index < -0.39 is 12.0 Å². The zero-order chi connectivity index (χ0) is 14.2. The van der Waals surface area contributed by atoms with Crippen molar-refractivity contribution in [3.63, 3.8) is 0 Å². The summed E-state index contributed by atoms with van der Waals surface area (Å²) in [5.41, 5.74) is 0. The van der Waals surface area contributed by atoms with Gasteiger partial charge in [-0.1, -0.05) is 0 Å². The Morgan fingerprint density at radius 1 is 1.16 bits per heavy atom. The molecule has 1 aliphatic carbocycles. The van der Waals surface area contributed by atoms with Gasteiger partial charge in [0.2, 0.25) is 5.91 Å². The Kier molecular flexibility index (Phi) is 4.13. The van der Waals surface area contributed by atoms with Crippen LogP contribution in [0.15, 0.2) is 0 Å². The van der Waals surface area contributed by atoms with Crippen molar-refractivity contribution < 1.29 is 14.7 Å². The van der Waals surface area contributed by atoms with E-state index >= 15 is 0 Å². The fraction of sp³-hybridized carbons (Fsp3) is 0.857. The molecule has 1 saturated carbocycles. The summed E-state index contributed by atoms with van der Waals surface area (Å²) >= 11 is 0. The van der Waals surface area contributed by atoms with Gasteiger partial charge in [0.1, 0.15) is 6.04 Å². The Hall–Kier alpha value is -1.10. The number of amides is 1. The van der Waals surface area contributed by atoms with E-state index in [0.29, 0.717) is 12.1 Å². The Bertz CT molecular complexity index is 358. The number of rotatable bonds is 5. The van der Waals surface area contributed by atoms with E-state index in [1.807, 2.05) is 6.92 Å². The predicted molar refractivity (Wildman–Crippen MR) is 71.7 cm³/mol. The second-order valence-electron chi connectivity index (χ2n) is 6.06. The number of carboxylic acid groups (broad SMARTS) is 1. The van der Waals surface area contributed by atoms with E-state index in [1.54, 1.807) is 0 Å². The molecule has 19 heavy (non-hydrogen) atoms. The first kappa shape index (κ1) is 14.3. The highest BCUT2D eigenvalue weighted by Gasteiger charge is 2.40. The average Bonchev–Trinajstić information content (AvgIpc) is 3.12. The lowest BCUT2D eigenvalue weighted by atomic mass is 10.1. The highest BCUT2D eigenvalue weighted by molar-refractivity contribution is 5.87. The van der Waals surface area contributed by atoms with Crippen LogP contribution in [0.5, 0.6) is 0 Å². The average molecular weight is 268 g/mol. The first-order valence-corrected chi connectivity index (χ1v) is 7.22. The molecule has 2 fully saturated rings. The topological polar surface area (TPSA) is 69.6 Å². The van der Waals surface area contributed by atoms with Gasteiger partial charge in [0, 0.05) is 12.1 Å². The number of hydrogen-bond acceptors (Lipinski definition) is 3. The van der Waals surface area contributed by atoms with Crippen LogP contribution in [0.4, 0.5) is 0 Å². The van der Waals surface area contributed by atoms with E-state index in [9.17, 15) is 9.59 Å². The van der Waals surface area contributed by atoms with E-state index in [4.69, 9.17) is 5.11 Å². The summed E-state index contributed by atoms with van der Waals surface area (Å²) in [4.78, 5) is 25.6. The number of nitrogens with zero attached hydrogens (tertiary/aromatic N) is 1. The molecule has 2 N–H and O–H groups in total. The summed E-state index contributed by atoms with van der Waals surface area (Å²) in [7, 11) is 0. The van der Waals surface area contributed by atoms with E-state index in [1.165, 1.54) is 0 Å². The lowest BCUT2D eigenvalue weighted by Crippen LogP contribution is -2.53. The third-order valence-corrected chi connectivity index (χ3v) is 4.50. The van der Waals surface area contributed by atoms with Crippen LogP contribution in [0.1, 0.15) is 46.5 Å². The quantitative estimate of drug-likeness (QED) is 0.787. The van der Waals surface area contributed by atoms with Crippen LogP contribution in [0.2, 0.25) is 0 Å². The van der Waals surface area contributed by atoms with Gasteiger partial charge in [-0.25, -0.2) is 4.79 Å². The van der Waals surface area contributed by atoms with Crippen LogP contribution in [-0.2, 0) is 9.59 Å². The smallest absolute Gasteiger partial charge is 0.326 e. The molecule has 0 aromatic carbocycles. The zero-order valence-electron chi connectivity index (χ0n) is 11.9. The molecule has 1 amide bonds. The highest BCUT2D eigenvalue weighted by Crippen LogP contribution is 2.33. The van der Waals surface area contributed by atoms with Gasteiger partial charge in [-0.2, -0.15) is 0 Å². The van der Waals surface area contributed by atoms with Crippen molar-refractivity contribution in [2.75, 3.05) is 0 Å². The summed E-state index contributed by atoms with van der Waals surface area (Å²) < 4.78 is 0. The SMILES string of the molecule is CC1CCC(C)N1C(C)C(=O)NC(C(=O)O)C1CC1. The Morgan fingerprint density at radius 2 is 1.68 bits per heavy atom. The van der Waals surface area contributed by atoms with E-state index in [-0.39, 0.29) is 17.9 Å². The summed E-state index contributed by atoms with van der Waals surface area (Å²) in [5, 5.41) is 11.9. The van der Waals surface area contributed by atoms with Crippen molar-refractivity contribution in [3.05, 3.63) is 0 Å². The molecule has 0 bridgehead atoms. The maximum absolute atomic E-state index is 12.3. The van der Waals surface area contributed by atoms with E-state index in [0.717, 1.165) is 25.7 Å². The van der Waals surface area contributed by atoms with Crippen molar-refractivity contribution in [1.82, 2.24) is 10.2 Å². The molecule has 5 nitrogen and oxygen atoms in total. The number of carbonyl (C=O) groups is 2. The molecule has 4 unspecified atom stereocenters. The van der Waals surface area contributed by atoms with Crippen molar-refractivity contribution in [3.8, 4) is 0 Å². The van der Waals surface area contributed by atoms with E-state index in [2.05, 4.69) is 24.1 Å². The largest absolute Gasteiger partial charge is 0.480 e. The molecule has 0 aromatic rings. The molecule has 108 valence electrons. The van der Waals surface area contributed by atoms with Crippen molar-refractivity contribution in [2.24, 2.45) is 5.92 Å². The molecule has 0 spiro atoms. The van der Waals surface area contributed by atoms with Crippen molar-refractivity contribution >= 4 is 11.9 Å². The summed E-state index contributed by atoms with van der Waals surface area (Å²) in [6, 6.07) is -0.184. The molecular formula is C14H24N2O3. The molecule has 5 heteroatoms. The van der Waals surface area contributed by atoms with Gasteiger partial charge in [-0.3, -0.25) is 9.69 Å². The zero-order valence-corrected chi connectivity index (χ0v) is 11.9. The van der Waals surface area contributed by atoms with Gasteiger partial charge in [-0.15, -0.1) is 0 Å². The molecule has 1 heterocycles. The molecule has 0 aromatic heterocycles. The summed E-state index contributed by atoms with van der Waals surface area (Å²) in [6.45, 7) is 6.13. The highest BCUT2D eigenvalue weighted by atomic mass is 16.4. The molecule has 4 atom stereocenters. The van der Waals surface area contributed by atoms with Gasteiger partial charge in [0.15, 0.2) is 0 Å². The first-order chi connectivity index (χ1) is 8.91. The fourth-order valence-electron chi connectivity index (χ4n) is 3.20. The maximum atomic E-state index is 12.3. The van der Waals surface area contributed by atoms with Crippen LogP contribution in [0, 0.1) is 5.92 Å². The van der Waals surface area contributed by atoms with Gasteiger partial charge < -0.3 is 10.4 Å². The third-order valence-electron chi connectivity index (χ3n) is 4.50. The van der Waals surface area contributed by atoms with Gasteiger partial charge >= 0.3 is 5.97 Å². The Labute approximate surface area is 114 Å². The first-order valence-electron chi connectivity index (χ1n) is 7.22. The minimum Gasteiger partial charge on any atom is -0.480 e. The van der Waals surface area contributed by atoms with Gasteiger partial charge in [0.25, 0.3) is 0 Å². The van der Waals surface area contributed by atoms with Crippen LogP contribution < -0.4 is 5.32 Å². The van der Waals surface area contributed by atoms with Crippen LogP contribution in [-0.4, -0.2) is 46.1 Å². The number of carbonyl (C=O) groups excluding carboxylic acids is 1. The molecular weight excluding hydrogens is 244 g/mol. The number of hydrogen-bond donors (Lipinski definition) is 2. The second kappa shape index (κ2) is 5.49. The molecule has 0 radical (unpaired) electrons. The Morgan fingerprint density at radius 3 is 2.11 bits per heavy atom. The summed E-state index contributed by atoms with van der Waals surface area (Å²) in [5.74, 6) is -0.937. The maximum Gasteiger partial charge on any atom is 0.326 e. The normalized spacial score (nSPS) is 30.9. The molecule has 1 saturated heterocycles. The monoisotopic (exact) mass is 268 g/mol. The number of likely N-dealkylation sites (tertiary alicyclic amines) is 1. The van der Waals surface area contributed by atoms with Crippen molar-refractivity contribution in [2.45, 2.75) is 70.6 Å². The molecule has 2 aliphatic rings. The third kappa shape index (κ3) is 3.08. The summed E-state index contributed by atoms with van der Waals surface area (Å²) in [6.07, 6.45) is 4.01. The second-order valence-corrected chi connectivity index (χ2v) is 6.06. The number of aliphatic carboxylic acids is 1.